The van der Waals surface area contributed by atoms with Gasteiger partial charge in [-0.1, -0.05) is 31.2 Å². The molecule has 1 saturated heterocycles. The molecular weight excluding hydrogens is 418 g/mol. The predicted octanol–water partition coefficient (Wildman–Crippen LogP) is 3.10. The lowest BCUT2D eigenvalue weighted by Crippen LogP contribution is -2.40. The maximum Gasteiger partial charge on any atom is 0.254 e. The highest BCUT2D eigenvalue weighted by Crippen LogP contribution is 2.39. The van der Waals surface area contributed by atoms with Gasteiger partial charge in [0.1, 0.15) is 0 Å². The molecule has 1 aliphatic rings. The molecule has 168 valence electrons. The molecule has 1 heterocycles. The Morgan fingerprint density at radius 3 is 2.03 bits per heavy atom. The quantitative estimate of drug-likeness (QED) is 0.619. The third-order valence-corrected chi connectivity index (χ3v) is 7.36. The maximum atomic E-state index is 13.6. The van der Waals surface area contributed by atoms with Crippen LogP contribution in [0.4, 0.5) is 0 Å². The Balaban J connectivity index is 1.99. The van der Waals surface area contributed by atoms with E-state index in [1.807, 2.05) is 24.3 Å². The summed E-state index contributed by atoms with van der Waals surface area (Å²) in [6.45, 7) is 2.40. The minimum atomic E-state index is -3.16. The summed E-state index contributed by atoms with van der Waals surface area (Å²) in [6.07, 6.45) is 1.35. The Labute approximate surface area is 183 Å². The number of aryl methyl sites for hydroxylation is 1. The molecule has 3 rings (SSSR count). The van der Waals surface area contributed by atoms with Gasteiger partial charge in [-0.15, -0.1) is 0 Å². The Hall–Kier alpha value is -2.74. The van der Waals surface area contributed by atoms with E-state index in [0.29, 0.717) is 35.8 Å². The molecule has 0 aliphatic carbocycles. The van der Waals surface area contributed by atoms with E-state index in [9.17, 15) is 13.2 Å². The third-order valence-electron chi connectivity index (χ3n) is 5.61. The monoisotopic (exact) mass is 447 g/mol. The van der Waals surface area contributed by atoms with Crippen molar-refractivity contribution in [1.29, 1.82) is 0 Å². The van der Waals surface area contributed by atoms with E-state index in [2.05, 4.69) is 6.92 Å². The van der Waals surface area contributed by atoms with E-state index in [-0.39, 0.29) is 23.5 Å². The van der Waals surface area contributed by atoms with E-state index in [0.717, 1.165) is 12.0 Å². The van der Waals surface area contributed by atoms with E-state index in [1.165, 1.54) is 26.9 Å². The summed E-state index contributed by atoms with van der Waals surface area (Å²) < 4.78 is 40.4. The van der Waals surface area contributed by atoms with Gasteiger partial charge in [-0.3, -0.25) is 4.79 Å². The van der Waals surface area contributed by atoms with Crippen molar-refractivity contribution in [3.63, 3.8) is 0 Å². The molecule has 2 aromatic carbocycles. The van der Waals surface area contributed by atoms with Crippen LogP contribution in [0.3, 0.4) is 0 Å². The predicted molar refractivity (Wildman–Crippen MR) is 119 cm³/mol. The molecule has 0 bridgehead atoms. The van der Waals surface area contributed by atoms with E-state index < -0.39 is 9.84 Å². The minimum absolute atomic E-state index is 0.0315. The average molecular weight is 448 g/mol. The van der Waals surface area contributed by atoms with Crippen LogP contribution in [0.1, 0.15) is 34.8 Å². The lowest BCUT2D eigenvalue weighted by molar-refractivity contribution is 0.0680. The number of hydrogen-bond donors (Lipinski definition) is 0. The van der Waals surface area contributed by atoms with E-state index in [1.54, 1.807) is 17.0 Å². The summed E-state index contributed by atoms with van der Waals surface area (Å²) >= 11 is 0. The van der Waals surface area contributed by atoms with Gasteiger partial charge in [0.25, 0.3) is 5.91 Å². The van der Waals surface area contributed by atoms with Crippen LogP contribution in [-0.4, -0.2) is 58.1 Å². The summed E-state index contributed by atoms with van der Waals surface area (Å²) in [5, 5.41) is 0. The van der Waals surface area contributed by atoms with Crippen molar-refractivity contribution in [2.75, 3.05) is 32.8 Å². The fourth-order valence-corrected chi connectivity index (χ4v) is 5.57. The molecule has 1 fully saturated rings. The zero-order valence-corrected chi connectivity index (χ0v) is 19.2. The second-order valence-corrected chi connectivity index (χ2v) is 9.80. The van der Waals surface area contributed by atoms with Crippen LogP contribution in [0, 0.1) is 0 Å². The molecule has 0 saturated carbocycles. The normalized spacial score (nSPS) is 17.2. The van der Waals surface area contributed by atoms with Crippen LogP contribution < -0.4 is 14.2 Å². The van der Waals surface area contributed by atoms with E-state index in [4.69, 9.17) is 14.2 Å². The Morgan fingerprint density at radius 2 is 1.58 bits per heavy atom. The fourth-order valence-electron chi connectivity index (χ4n) is 3.84. The zero-order chi connectivity index (χ0) is 22.6. The van der Waals surface area contributed by atoms with Gasteiger partial charge in [-0.05, 0) is 36.1 Å². The molecule has 0 aromatic heterocycles. The number of carbonyl (C=O) groups excluding carboxylic acids is 1. The lowest BCUT2D eigenvalue weighted by Gasteiger charge is -2.29. The Kier molecular flexibility index (Phi) is 7.10. The van der Waals surface area contributed by atoms with Crippen LogP contribution in [-0.2, 0) is 22.8 Å². The largest absolute Gasteiger partial charge is 0.493 e. The number of amides is 1. The van der Waals surface area contributed by atoms with Gasteiger partial charge < -0.3 is 19.1 Å². The third kappa shape index (κ3) is 5.12. The highest BCUT2D eigenvalue weighted by atomic mass is 32.2. The molecule has 2 aromatic rings. The highest BCUT2D eigenvalue weighted by Gasteiger charge is 2.35. The average Bonchev–Trinajstić information content (AvgIpc) is 3.15. The summed E-state index contributed by atoms with van der Waals surface area (Å²) in [5.74, 6) is 0.919. The fraction of sp³-hybridized carbons (Fsp3) is 0.435. The first kappa shape index (κ1) is 22.9. The number of benzene rings is 2. The number of methoxy groups -OCH3 is 3. The summed E-state index contributed by atoms with van der Waals surface area (Å²) in [5.41, 5.74) is 2.50. The van der Waals surface area contributed by atoms with Gasteiger partial charge in [0.15, 0.2) is 21.3 Å². The number of rotatable bonds is 8. The minimum Gasteiger partial charge on any atom is -0.493 e. The zero-order valence-electron chi connectivity index (χ0n) is 18.4. The van der Waals surface area contributed by atoms with Crippen LogP contribution in [0.15, 0.2) is 36.4 Å². The van der Waals surface area contributed by atoms with Crippen molar-refractivity contribution >= 4 is 15.7 Å². The van der Waals surface area contributed by atoms with Crippen LogP contribution in [0.2, 0.25) is 0 Å². The molecule has 1 atom stereocenters. The summed E-state index contributed by atoms with van der Waals surface area (Å²) in [4.78, 5) is 15.2. The molecule has 1 aliphatic heterocycles. The van der Waals surface area contributed by atoms with Crippen molar-refractivity contribution in [3.05, 3.63) is 53.1 Å². The maximum absolute atomic E-state index is 13.6. The van der Waals surface area contributed by atoms with Crippen molar-refractivity contribution in [2.45, 2.75) is 32.4 Å². The first-order valence-corrected chi connectivity index (χ1v) is 12.0. The van der Waals surface area contributed by atoms with Crippen LogP contribution in [0.5, 0.6) is 17.2 Å². The molecule has 1 amide bonds. The van der Waals surface area contributed by atoms with Gasteiger partial charge in [-0.2, -0.15) is 0 Å². The van der Waals surface area contributed by atoms with E-state index >= 15 is 0 Å². The highest BCUT2D eigenvalue weighted by molar-refractivity contribution is 7.91. The Morgan fingerprint density at radius 1 is 1.00 bits per heavy atom. The van der Waals surface area contributed by atoms with Crippen molar-refractivity contribution in [2.24, 2.45) is 0 Å². The van der Waals surface area contributed by atoms with Gasteiger partial charge in [0.2, 0.25) is 5.75 Å². The molecular formula is C23H29NO6S. The molecule has 0 radical (unpaired) electrons. The molecule has 0 spiro atoms. The van der Waals surface area contributed by atoms with Crippen molar-refractivity contribution < 1.29 is 27.4 Å². The number of hydrogen-bond acceptors (Lipinski definition) is 6. The van der Waals surface area contributed by atoms with Gasteiger partial charge in [-0.25, -0.2) is 8.42 Å². The topological polar surface area (TPSA) is 82.1 Å². The summed E-state index contributed by atoms with van der Waals surface area (Å²) in [6, 6.07) is 10.8. The molecule has 8 heteroatoms. The first-order valence-electron chi connectivity index (χ1n) is 10.2. The van der Waals surface area contributed by atoms with Crippen molar-refractivity contribution in [1.82, 2.24) is 4.90 Å². The van der Waals surface area contributed by atoms with Gasteiger partial charge in [0, 0.05) is 18.2 Å². The van der Waals surface area contributed by atoms with Crippen LogP contribution in [0.25, 0.3) is 0 Å². The van der Waals surface area contributed by atoms with Crippen LogP contribution >= 0.6 is 0 Å². The number of ether oxygens (including phenoxy) is 3. The molecule has 7 nitrogen and oxygen atoms in total. The molecule has 0 N–H and O–H groups in total. The SMILES string of the molecule is CCc1ccc(CN(C(=O)c2cc(OC)c(OC)c(OC)c2)C2CCS(=O)(=O)C2)cc1. The standard InChI is InChI=1S/C23H29NO6S/c1-5-16-6-8-17(9-7-16)14-24(19-10-11-31(26,27)15-19)23(25)18-12-20(28-2)22(30-4)21(13-18)29-3/h6-9,12-13,19H,5,10-11,14-15H2,1-4H3. The molecule has 31 heavy (non-hydrogen) atoms. The smallest absolute Gasteiger partial charge is 0.254 e. The Bertz CT molecular complexity index is 1010. The second kappa shape index (κ2) is 9.60. The molecule has 1 unspecified atom stereocenters. The summed E-state index contributed by atoms with van der Waals surface area (Å²) in [7, 11) is 1.32. The first-order chi connectivity index (χ1) is 14.8. The number of sulfone groups is 1. The van der Waals surface area contributed by atoms with Crippen molar-refractivity contribution in [3.8, 4) is 17.2 Å². The van der Waals surface area contributed by atoms with Gasteiger partial charge in [0.05, 0.1) is 32.8 Å². The lowest BCUT2D eigenvalue weighted by atomic mass is 10.1. The second-order valence-electron chi connectivity index (χ2n) is 7.57. The number of carbonyl (C=O) groups is 1. The number of nitrogens with zero attached hydrogens (tertiary/aromatic N) is 1. The van der Waals surface area contributed by atoms with Gasteiger partial charge >= 0.3 is 0 Å².